The van der Waals surface area contributed by atoms with Gasteiger partial charge in [-0.25, -0.2) is 4.79 Å². The zero-order valence-electron chi connectivity index (χ0n) is 11.6. The Kier molecular flexibility index (Phi) is 4.27. The SMILES string of the molecule is CC1(NC(=O)N(CCC(=O)O)c2ccccc2)CCC1. The van der Waals surface area contributed by atoms with Crippen LogP contribution < -0.4 is 10.2 Å². The molecular formula is C15H20N2O3. The molecule has 5 nitrogen and oxygen atoms in total. The number of hydrogen-bond acceptors (Lipinski definition) is 2. The number of benzene rings is 1. The number of carboxylic acids is 1. The van der Waals surface area contributed by atoms with Gasteiger partial charge in [0.1, 0.15) is 0 Å². The van der Waals surface area contributed by atoms with Crippen LogP contribution in [0.2, 0.25) is 0 Å². The van der Waals surface area contributed by atoms with Crippen molar-refractivity contribution in [2.45, 2.75) is 38.1 Å². The normalized spacial score (nSPS) is 16.1. The Balaban J connectivity index is 2.09. The van der Waals surface area contributed by atoms with E-state index in [9.17, 15) is 9.59 Å². The van der Waals surface area contributed by atoms with Crippen LogP contribution >= 0.6 is 0 Å². The number of urea groups is 1. The van der Waals surface area contributed by atoms with E-state index < -0.39 is 5.97 Å². The topological polar surface area (TPSA) is 69.6 Å². The molecule has 0 saturated heterocycles. The average molecular weight is 276 g/mol. The summed E-state index contributed by atoms with van der Waals surface area (Å²) < 4.78 is 0. The number of carbonyl (C=O) groups excluding carboxylic acids is 1. The number of aliphatic carboxylic acids is 1. The van der Waals surface area contributed by atoms with E-state index in [2.05, 4.69) is 5.32 Å². The highest BCUT2D eigenvalue weighted by atomic mass is 16.4. The molecule has 2 N–H and O–H groups in total. The molecule has 0 unspecified atom stereocenters. The smallest absolute Gasteiger partial charge is 0.322 e. The van der Waals surface area contributed by atoms with Crippen molar-refractivity contribution >= 4 is 17.7 Å². The largest absolute Gasteiger partial charge is 0.481 e. The van der Waals surface area contributed by atoms with Gasteiger partial charge in [0, 0.05) is 17.8 Å². The van der Waals surface area contributed by atoms with Gasteiger partial charge >= 0.3 is 12.0 Å². The molecule has 20 heavy (non-hydrogen) atoms. The highest BCUT2D eigenvalue weighted by molar-refractivity contribution is 5.93. The standard InChI is InChI=1S/C15H20N2O3/c1-15(9-5-10-15)16-14(20)17(11-8-13(18)19)12-6-3-2-4-7-12/h2-4,6-7H,5,8-11H2,1H3,(H,16,20)(H,18,19). The molecule has 1 fully saturated rings. The highest BCUT2D eigenvalue weighted by Crippen LogP contribution is 2.31. The van der Waals surface area contributed by atoms with E-state index in [1.54, 1.807) is 0 Å². The first-order valence-electron chi connectivity index (χ1n) is 6.87. The molecule has 1 saturated carbocycles. The van der Waals surface area contributed by atoms with Crippen molar-refractivity contribution < 1.29 is 14.7 Å². The molecule has 0 bridgehead atoms. The van der Waals surface area contributed by atoms with Crippen molar-refractivity contribution in [3.8, 4) is 0 Å². The number of nitrogens with one attached hydrogen (secondary N) is 1. The molecule has 2 amide bonds. The maximum absolute atomic E-state index is 12.4. The average Bonchev–Trinajstić information content (AvgIpc) is 2.38. The molecule has 108 valence electrons. The van der Waals surface area contributed by atoms with Crippen molar-refractivity contribution in [2.75, 3.05) is 11.4 Å². The lowest BCUT2D eigenvalue weighted by Crippen LogP contribution is -2.55. The maximum atomic E-state index is 12.4. The van der Waals surface area contributed by atoms with Gasteiger partial charge in [-0.05, 0) is 38.3 Å². The molecule has 1 aromatic carbocycles. The summed E-state index contributed by atoms with van der Waals surface area (Å²) in [5.41, 5.74) is 0.571. The zero-order chi connectivity index (χ0) is 14.6. The summed E-state index contributed by atoms with van der Waals surface area (Å²) in [5, 5.41) is 11.8. The van der Waals surface area contributed by atoms with E-state index in [1.807, 2.05) is 37.3 Å². The van der Waals surface area contributed by atoms with Crippen LogP contribution in [-0.2, 0) is 4.79 Å². The van der Waals surface area contributed by atoms with Gasteiger partial charge in [0.15, 0.2) is 0 Å². The molecule has 1 aromatic rings. The van der Waals surface area contributed by atoms with Gasteiger partial charge in [0.25, 0.3) is 0 Å². The van der Waals surface area contributed by atoms with Gasteiger partial charge in [-0.3, -0.25) is 9.69 Å². The van der Waals surface area contributed by atoms with Crippen LogP contribution in [-0.4, -0.2) is 29.2 Å². The second kappa shape index (κ2) is 5.94. The first-order chi connectivity index (χ1) is 9.50. The summed E-state index contributed by atoms with van der Waals surface area (Å²) in [6, 6.07) is 8.93. The van der Waals surface area contributed by atoms with Gasteiger partial charge in [0.05, 0.1) is 6.42 Å². The van der Waals surface area contributed by atoms with E-state index in [1.165, 1.54) is 4.90 Å². The van der Waals surface area contributed by atoms with Gasteiger partial charge in [-0.2, -0.15) is 0 Å². The van der Waals surface area contributed by atoms with E-state index in [0.29, 0.717) is 5.69 Å². The number of anilines is 1. The monoisotopic (exact) mass is 276 g/mol. The molecule has 0 aromatic heterocycles. The summed E-state index contributed by atoms with van der Waals surface area (Å²) in [5.74, 6) is -0.909. The third-order valence-electron chi connectivity index (χ3n) is 3.73. The summed E-state index contributed by atoms with van der Waals surface area (Å²) in [7, 11) is 0. The number of amides is 2. The van der Waals surface area contributed by atoms with Crippen LogP contribution in [0.25, 0.3) is 0 Å². The lowest BCUT2D eigenvalue weighted by molar-refractivity contribution is -0.136. The fraction of sp³-hybridized carbons (Fsp3) is 0.467. The molecular weight excluding hydrogens is 256 g/mol. The Hall–Kier alpha value is -2.04. The summed E-state index contributed by atoms with van der Waals surface area (Å²) in [6.45, 7) is 2.19. The summed E-state index contributed by atoms with van der Waals surface area (Å²) >= 11 is 0. The molecule has 5 heteroatoms. The van der Waals surface area contributed by atoms with Crippen LogP contribution in [0.1, 0.15) is 32.6 Å². The predicted molar refractivity (Wildman–Crippen MR) is 76.8 cm³/mol. The number of rotatable bonds is 5. The third kappa shape index (κ3) is 3.50. The molecule has 0 aliphatic heterocycles. The molecule has 0 heterocycles. The van der Waals surface area contributed by atoms with Crippen molar-refractivity contribution in [1.29, 1.82) is 0 Å². The van der Waals surface area contributed by atoms with Crippen LogP contribution in [0, 0.1) is 0 Å². The fourth-order valence-corrected chi connectivity index (χ4v) is 2.32. The third-order valence-corrected chi connectivity index (χ3v) is 3.73. The molecule has 2 rings (SSSR count). The van der Waals surface area contributed by atoms with Crippen LogP contribution in [0.4, 0.5) is 10.5 Å². The van der Waals surface area contributed by atoms with Crippen LogP contribution in [0.3, 0.4) is 0 Å². The van der Waals surface area contributed by atoms with E-state index in [0.717, 1.165) is 19.3 Å². The fourth-order valence-electron chi connectivity index (χ4n) is 2.32. The number of carbonyl (C=O) groups is 2. The number of nitrogens with zero attached hydrogens (tertiary/aromatic N) is 1. The molecule has 1 aliphatic rings. The Bertz CT molecular complexity index is 483. The lowest BCUT2D eigenvalue weighted by atomic mass is 9.79. The van der Waals surface area contributed by atoms with E-state index >= 15 is 0 Å². The minimum absolute atomic E-state index is 0.0704. The Morgan fingerprint density at radius 2 is 1.95 bits per heavy atom. The zero-order valence-corrected chi connectivity index (χ0v) is 11.6. The second-order valence-electron chi connectivity index (χ2n) is 5.48. The van der Waals surface area contributed by atoms with Gasteiger partial charge < -0.3 is 10.4 Å². The molecule has 1 aliphatic carbocycles. The minimum Gasteiger partial charge on any atom is -0.481 e. The second-order valence-corrected chi connectivity index (χ2v) is 5.48. The number of para-hydroxylation sites is 1. The van der Waals surface area contributed by atoms with E-state index in [4.69, 9.17) is 5.11 Å². The quantitative estimate of drug-likeness (QED) is 0.868. The van der Waals surface area contributed by atoms with Gasteiger partial charge in [-0.15, -0.1) is 0 Å². The number of hydrogen-bond donors (Lipinski definition) is 2. The summed E-state index contributed by atoms with van der Waals surface area (Å²) in [6.07, 6.45) is 3.00. The van der Waals surface area contributed by atoms with Crippen molar-refractivity contribution in [3.05, 3.63) is 30.3 Å². The van der Waals surface area contributed by atoms with Crippen molar-refractivity contribution in [1.82, 2.24) is 5.32 Å². The Morgan fingerprint density at radius 3 is 2.45 bits per heavy atom. The first-order valence-corrected chi connectivity index (χ1v) is 6.87. The lowest BCUT2D eigenvalue weighted by Gasteiger charge is -2.40. The van der Waals surface area contributed by atoms with Gasteiger partial charge in [-0.1, -0.05) is 18.2 Å². The molecule has 0 spiro atoms. The van der Waals surface area contributed by atoms with Crippen molar-refractivity contribution in [2.24, 2.45) is 0 Å². The molecule has 0 radical (unpaired) electrons. The Labute approximate surface area is 118 Å². The predicted octanol–water partition coefficient (Wildman–Crippen LogP) is 2.62. The Morgan fingerprint density at radius 1 is 1.30 bits per heavy atom. The first kappa shape index (κ1) is 14.4. The van der Waals surface area contributed by atoms with Gasteiger partial charge in [0.2, 0.25) is 0 Å². The van der Waals surface area contributed by atoms with Crippen LogP contribution in [0.15, 0.2) is 30.3 Å². The van der Waals surface area contributed by atoms with Crippen molar-refractivity contribution in [3.63, 3.8) is 0 Å². The molecule has 0 atom stereocenters. The highest BCUT2D eigenvalue weighted by Gasteiger charge is 2.34. The minimum atomic E-state index is -0.909. The summed E-state index contributed by atoms with van der Waals surface area (Å²) in [4.78, 5) is 24.6. The van der Waals surface area contributed by atoms with Crippen LogP contribution in [0.5, 0.6) is 0 Å². The number of carboxylic acid groups (broad SMARTS) is 1. The van der Waals surface area contributed by atoms with E-state index in [-0.39, 0.29) is 24.5 Å². The maximum Gasteiger partial charge on any atom is 0.322 e.